The molecule has 7 heteroatoms. The molecule has 1 rings (SSSR count). The van der Waals surface area contributed by atoms with E-state index in [4.69, 9.17) is 5.26 Å². The van der Waals surface area contributed by atoms with Crippen molar-refractivity contribution >= 4 is 17.6 Å². The molecule has 0 saturated carbocycles. The number of thioether (sulfide) groups is 1. The number of nitriles is 1. The van der Waals surface area contributed by atoms with Gasteiger partial charge >= 0.3 is 5.82 Å². The van der Waals surface area contributed by atoms with Crippen LogP contribution < -0.4 is 0 Å². The lowest BCUT2D eigenvalue weighted by Crippen LogP contribution is -2.06. The van der Waals surface area contributed by atoms with Gasteiger partial charge in [-0.1, -0.05) is 0 Å². The van der Waals surface area contributed by atoms with Crippen molar-refractivity contribution in [3.8, 4) is 5.40 Å². The zero-order valence-corrected chi connectivity index (χ0v) is 8.32. The maximum atomic E-state index is 10.5. The zero-order chi connectivity index (χ0) is 10.6. The Morgan fingerprint density at radius 1 is 1.86 bits per heavy atom. The second-order valence-corrected chi connectivity index (χ2v) is 3.39. The topological polar surface area (TPSA) is 84.8 Å². The lowest BCUT2D eigenvalue weighted by Gasteiger charge is -1.99. The van der Waals surface area contributed by atoms with E-state index >= 15 is 0 Å². The van der Waals surface area contributed by atoms with E-state index < -0.39 is 4.92 Å². The molecule has 1 aromatic heterocycles. The fourth-order valence-corrected chi connectivity index (χ4v) is 1.43. The normalized spacial score (nSPS) is 9.71. The average molecular weight is 212 g/mol. The predicted molar refractivity (Wildman–Crippen MR) is 51.7 cm³/mol. The van der Waals surface area contributed by atoms with Crippen LogP contribution in [0.1, 0.15) is 5.82 Å². The summed E-state index contributed by atoms with van der Waals surface area (Å²) < 4.78 is 1.49. The molecule has 0 atom stereocenters. The van der Waals surface area contributed by atoms with Gasteiger partial charge in [0, 0.05) is 12.7 Å². The molecule has 0 spiro atoms. The van der Waals surface area contributed by atoms with Crippen LogP contribution in [0, 0.1) is 27.7 Å². The highest BCUT2D eigenvalue weighted by Crippen LogP contribution is 2.14. The minimum atomic E-state index is -0.475. The lowest BCUT2D eigenvalue weighted by molar-refractivity contribution is -0.392. The molecule has 14 heavy (non-hydrogen) atoms. The first-order valence-electron chi connectivity index (χ1n) is 3.84. The number of thiocyanates is 1. The van der Waals surface area contributed by atoms with Crippen LogP contribution in [0.2, 0.25) is 0 Å². The van der Waals surface area contributed by atoms with E-state index in [-0.39, 0.29) is 5.82 Å². The number of aryl methyl sites for hydroxylation is 1. The standard InChI is InChI=1S/C7H8N4O2S/c1-6-9-4-7(11(12)13)10(6)2-3-14-5-8/h4H,2-3H2,1H3. The van der Waals surface area contributed by atoms with Crippen LogP contribution in [0.5, 0.6) is 0 Å². The summed E-state index contributed by atoms with van der Waals surface area (Å²) in [6.45, 7) is 2.13. The van der Waals surface area contributed by atoms with Gasteiger partial charge in [0.15, 0.2) is 5.82 Å². The van der Waals surface area contributed by atoms with E-state index in [0.29, 0.717) is 18.1 Å². The van der Waals surface area contributed by atoms with E-state index in [1.165, 1.54) is 10.8 Å². The molecular formula is C7H8N4O2S. The van der Waals surface area contributed by atoms with Gasteiger partial charge in [-0.2, -0.15) is 5.26 Å². The molecule has 0 aliphatic heterocycles. The van der Waals surface area contributed by atoms with Crippen molar-refractivity contribution in [2.75, 3.05) is 5.75 Å². The van der Waals surface area contributed by atoms with Gasteiger partial charge in [-0.3, -0.25) is 0 Å². The molecule has 6 nitrogen and oxygen atoms in total. The smallest absolute Gasteiger partial charge is 0.342 e. The molecule has 0 aliphatic rings. The van der Waals surface area contributed by atoms with Crippen LogP contribution in [0.25, 0.3) is 0 Å². The van der Waals surface area contributed by atoms with Crippen LogP contribution in [-0.4, -0.2) is 20.2 Å². The van der Waals surface area contributed by atoms with Crippen molar-refractivity contribution in [1.82, 2.24) is 9.55 Å². The molecule has 1 aromatic rings. The molecule has 1 heterocycles. The number of rotatable bonds is 4. The van der Waals surface area contributed by atoms with E-state index in [1.54, 1.807) is 6.92 Å². The number of hydrogen-bond donors (Lipinski definition) is 0. The Labute approximate surface area is 84.7 Å². The van der Waals surface area contributed by atoms with Crippen molar-refractivity contribution in [3.63, 3.8) is 0 Å². The third kappa shape index (κ3) is 2.23. The first-order valence-corrected chi connectivity index (χ1v) is 4.82. The van der Waals surface area contributed by atoms with Crippen molar-refractivity contribution in [1.29, 1.82) is 5.26 Å². The summed E-state index contributed by atoms with van der Waals surface area (Å²) in [7, 11) is 0. The van der Waals surface area contributed by atoms with Crippen LogP contribution in [-0.2, 0) is 6.54 Å². The molecule has 0 aromatic carbocycles. The maximum Gasteiger partial charge on any atom is 0.342 e. The van der Waals surface area contributed by atoms with Crippen LogP contribution in [0.4, 0.5) is 5.82 Å². The predicted octanol–water partition coefficient (Wildman–Crippen LogP) is 1.31. The van der Waals surface area contributed by atoms with Gasteiger partial charge in [0.25, 0.3) is 0 Å². The Kier molecular flexibility index (Phi) is 3.48. The van der Waals surface area contributed by atoms with Crippen molar-refractivity contribution in [2.24, 2.45) is 0 Å². The summed E-state index contributed by atoms with van der Waals surface area (Å²) in [6, 6.07) is 0. The van der Waals surface area contributed by atoms with Crippen molar-refractivity contribution in [3.05, 3.63) is 22.1 Å². The molecule has 0 radical (unpaired) electrons. The summed E-state index contributed by atoms with van der Waals surface area (Å²) in [6.07, 6.45) is 1.23. The summed E-state index contributed by atoms with van der Waals surface area (Å²) in [5, 5.41) is 20.7. The third-order valence-electron chi connectivity index (χ3n) is 1.70. The Balaban J connectivity index is 2.79. The maximum absolute atomic E-state index is 10.5. The molecule has 0 amide bonds. The van der Waals surface area contributed by atoms with Gasteiger partial charge in [0.2, 0.25) is 0 Å². The van der Waals surface area contributed by atoms with Crippen molar-refractivity contribution in [2.45, 2.75) is 13.5 Å². The summed E-state index contributed by atoms with van der Waals surface area (Å²) in [4.78, 5) is 13.9. The molecular weight excluding hydrogens is 204 g/mol. The summed E-state index contributed by atoms with van der Waals surface area (Å²) >= 11 is 1.07. The second kappa shape index (κ2) is 4.62. The highest BCUT2D eigenvalue weighted by Gasteiger charge is 2.16. The van der Waals surface area contributed by atoms with Gasteiger partial charge < -0.3 is 10.1 Å². The highest BCUT2D eigenvalue weighted by molar-refractivity contribution is 8.03. The summed E-state index contributed by atoms with van der Waals surface area (Å²) in [5.74, 6) is 1.09. The number of nitrogens with zero attached hydrogens (tertiary/aromatic N) is 4. The van der Waals surface area contributed by atoms with Crippen molar-refractivity contribution < 1.29 is 4.92 Å². The fraction of sp³-hybridized carbons (Fsp3) is 0.429. The minimum absolute atomic E-state index is 0.0268. The van der Waals surface area contributed by atoms with Gasteiger partial charge in [0.05, 0.1) is 0 Å². The Morgan fingerprint density at radius 3 is 3.14 bits per heavy atom. The van der Waals surface area contributed by atoms with Gasteiger partial charge in [0.1, 0.15) is 18.1 Å². The fourth-order valence-electron chi connectivity index (χ4n) is 1.06. The largest absolute Gasteiger partial charge is 0.358 e. The van der Waals surface area contributed by atoms with E-state index in [2.05, 4.69) is 4.98 Å². The number of nitro groups is 1. The zero-order valence-electron chi connectivity index (χ0n) is 7.51. The molecule has 0 saturated heterocycles. The molecule has 0 N–H and O–H groups in total. The molecule has 0 unspecified atom stereocenters. The van der Waals surface area contributed by atoms with Gasteiger partial charge in [-0.05, 0) is 16.7 Å². The van der Waals surface area contributed by atoms with E-state index in [9.17, 15) is 10.1 Å². The molecule has 74 valence electrons. The molecule has 0 aliphatic carbocycles. The first kappa shape index (κ1) is 10.5. The Hall–Kier alpha value is -1.55. The Morgan fingerprint density at radius 2 is 2.57 bits per heavy atom. The number of aromatic nitrogens is 2. The Bertz CT molecular complexity index is 382. The highest BCUT2D eigenvalue weighted by atomic mass is 32.2. The molecule has 0 fully saturated rings. The van der Waals surface area contributed by atoms with Crippen LogP contribution in [0.15, 0.2) is 6.20 Å². The van der Waals surface area contributed by atoms with Gasteiger partial charge in [-0.25, -0.2) is 9.55 Å². The van der Waals surface area contributed by atoms with Gasteiger partial charge in [-0.15, -0.1) is 0 Å². The third-order valence-corrected chi connectivity index (χ3v) is 2.22. The lowest BCUT2D eigenvalue weighted by atomic mass is 10.6. The number of hydrogen-bond acceptors (Lipinski definition) is 5. The van der Waals surface area contributed by atoms with Crippen LogP contribution >= 0.6 is 11.8 Å². The quantitative estimate of drug-likeness (QED) is 0.325. The summed E-state index contributed by atoms with van der Waals surface area (Å²) in [5.41, 5.74) is 0. The van der Waals surface area contributed by atoms with E-state index in [1.807, 2.05) is 5.40 Å². The average Bonchev–Trinajstić information content (AvgIpc) is 2.48. The molecule has 0 bridgehead atoms. The van der Waals surface area contributed by atoms with Crippen LogP contribution in [0.3, 0.4) is 0 Å². The minimum Gasteiger partial charge on any atom is -0.358 e. The second-order valence-electron chi connectivity index (χ2n) is 2.51. The van der Waals surface area contributed by atoms with E-state index in [0.717, 1.165) is 11.8 Å². The SMILES string of the molecule is Cc1ncc([N+](=O)[O-])n1CCSC#N. The monoisotopic (exact) mass is 212 g/mol. The number of imidazole rings is 1. The first-order chi connectivity index (χ1) is 6.66.